The van der Waals surface area contributed by atoms with E-state index < -0.39 is 0 Å². The molecular weight excluding hydrogens is 428 g/mol. The van der Waals surface area contributed by atoms with Crippen molar-refractivity contribution in [2.45, 2.75) is 13.3 Å². The predicted molar refractivity (Wildman–Crippen MR) is 86.1 cm³/mol. The maximum Gasteiger partial charge on any atom is 0.201 e. The number of nitrogens with two attached hydrogens (primary N) is 1. The van der Waals surface area contributed by atoms with Crippen LogP contribution in [0.1, 0.15) is 12.0 Å². The van der Waals surface area contributed by atoms with Crippen LogP contribution < -0.4 is 11.1 Å². The number of nitrogens with zero attached hydrogens (tertiary/aromatic N) is 1. The average molecular weight is 441 g/mol. The first-order valence-corrected chi connectivity index (χ1v) is 7.90. The molecule has 1 aromatic heterocycles. The van der Waals surface area contributed by atoms with Gasteiger partial charge in [-0.2, -0.15) is 0 Å². The number of halogens is 3. The van der Waals surface area contributed by atoms with Crippen LogP contribution in [-0.2, 0) is 0 Å². The van der Waals surface area contributed by atoms with Crippen LogP contribution in [0.15, 0.2) is 13.4 Å². The Morgan fingerprint density at radius 1 is 1.22 bits per heavy atom. The van der Waals surface area contributed by atoms with Crippen molar-refractivity contribution in [1.29, 1.82) is 0 Å². The van der Waals surface area contributed by atoms with E-state index >= 15 is 0 Å². The standard InChI is InChI=1S/C11H13Br3N4/c1-5-6(12)8(14)10-9(7(5)13)17-11(18-10)16-4-2-3-15/h2-4,15H2,1H3,(H2,16,17,18). The van der Waals surface area contributed by atoms with E-state index in [1.165, 1.54) is 0 Å². The molecule has 18 heavy (non-hydrogen) atoms. The molecule has 98 valence electrons. The minimum Gasteiger partial charge on any atom is -0.356 e. The Hall–Kier alpha value is -0.110. The molecule has 0 fully saturated rings. The lowest BCUT2D eigenvalue weighted by molar-refractivity contribution is 0.867. The Morgan fingerprint density at radius 2 is 1.94 bits per heavy atom. The van der Waals surface area contributed by atoms with Gasteiger partial charge in [-0.15, -0.1) is 0 Å². The molecule has 0 saturated carbocycles. The lowest BCUT2D eigenvalue weighted by Gasteiger charge is -2.05. The molecule has 0 atom stereocenters. The molecule has 1 aromatic carbocycles. The Labute approximate surface area is 130 Å². The maximum atomic E-state index is 5.46. The Kier molecular flexibility index (Phi) is 4.69. The summed E-state index contributed by atoms with van der Waals surface area (Å²) in [5.41, 5.74) is 8.48. The molecule has 1 heterocycles. The minimum atomic E-state index is 0.672. The van der Waals surface area contributed by atoms with Gasteiger partial charge in [0.2, 0.25) is 5.95 Å². The number of rotatable bonds is 4. The van der Waals surface area contributed by atoms with Crippen LogP contribution in [0.25, 0.3) is 11.0 Å². The van der Waals surface area contributed by atoms with Crippen LogP contribution in [0.2, 0.25) is 0 Å². The van der Waals surface area contributed by atoms with Crippen LogP contribution in [0.3, 0.4) is 0 Å². The van der Waals surface area contributed by atoms with Gasteiger partial charge in [0.15, 0.2) is 0 Å². The van der Waals surface area contributed by atoms with Crippen molar-refractivity contribution < 1.29 is 0 Å². The van der Waals surface area contributed by atoms with Crippen molar-refractivity contribution in [1.82, 2.24) is 9.97 Å². The van der Waals surface area contributed by atoms with E-state index in [4.69, 9.17) is 5.73 Å². The molecule has 2 aromatic rings. The van der Waals surface area contributed by atoms with E-state index in [1.807, 2.05) is 6.92 Å². The van der Waals surface area contributed by atoms with Gasteiger partial charge in [0.1, 0.15) is 5.52 Å². The van der Waals surface area contributed by atoms with E-state index in [0.29, 0.717) is 6.54 Å². The largest absolute Gasteiger partial charge is 0.356 e. The normalized spacial score (nSPS) is 11.2. The summed E-state index contributed by atoms with van der Waals surface area (Å²) >= 11 is 10.7. The van der Waals surface area contributed by atoms with Crippen LogP contribution in [0, 0.1) is 6.92 Å². The van der Waals surface area contributed by atoms with Crippen molar-refractivity contribution in [2.75, 3.05) is 18.4 Å². The summed E-state index contributed by atoms with van der Waals surface area (Å²) in [5, 5.41) is 3.22. The van der Waals surface area contributed by atoms with Crippen molar-refractivity contribution in [3.05, 3.63) is 19.0 Å². The average Bonchev–Trinajstić information content (AvgIpc) is 2.78. The number of fused-ring (bicyclic) bond motifs is 1. The molecule has 0 aliphatic carbocycles. The third-order valence-electron chi connectivity index (χ3n) is 2.66. The number of hydrogen-bond donors (Lipinski definition) is 3. The highest BCUT2D eigenvalue weighted by molar-refractivity contribution is 9.13. The zero-order chi connectivity index (χ0) is 13.3. The number of imidazole rings is 1. The highest BCUT2D eigenvalue weighted by Crippen LogP contribution is 2.39. The molecule has 0 aliphatic rings. The quantitative estimate of drug-likeness (QED) is 0.498. The number of benzene rings is 1. The second kappa shape index (κ2) is 5.90. The number of hydrogen-bond acceptors (Lipinski definition) is 3. The van der Waals surface area contributed by atoms with Crippen LogP contribution in [0.5, 0.6) is 0 Å². The first kappa shape index (κ1) is 14.3. The first-order valence-electron chi connectivity index (χ1n) is 5.53. The lowest BCUT2D eigenvalue weighted by Crippen LogP contribution is -2.09. The van der Waals surface area contributed by atoms with Gasteiger partial charge in [-0.3, -0.25) is 0 Å². The summed E-state index contributed by atoms with van der Waals surface area (Å²) < 4.78 is 3.00. The van der Waals surface area contributed by atoms with Crippen molar-refractivity contribution >= 4 is 64.8 Å². The van der Waals surface area contributed by atoms with Gasteiger partial charge in [-0.1, -0.05) is 0 Å². The number of H-pyrrole nitrogens is 1. The molecule has 0 amide bonds. The highest BCUT2D eigenvalue weighted by atomic mass is 79.9. The van der Waals surface area contributed by atoms with E-state index in [0.717, 1.165) is 48.9 Å². The van der Waals surface area contributed by atoms with Gasteiger partial charge in [-0.25, -0.2) is 4.98 Å². The summed E-state index contributed by atoms with van der Waals surface area (Å²) in [5.74, 6) is 0.761. The van der Waals surface area contributed by atoms with E-state index in [1.54, 1.807) is 0 Å². The molecule has 0 aliphatic heterocycles. The van der Waals surface area contributed by atoms with E-state index in [-0.39, 0.29) is 0 Å². The van der Waals surface area contributed by atoms with Gasteiger partial charge in [0.05, 0.1) is 9.99 Å². The monoisotopic (exact) mass is 438 g/mol. The summed E-state index contributed by atoms with van der Waals surface area (Å²) in [6.07, 6.45) is 0.919. The summed E-state index contributed by atoms with van der Waals surface area (Å²) in [6.45, 7) is 3.53. The fraction of sp³-hybridized carbons (Fsp3) is 0.364. The number of nitrogens with one attached hydrogen (secondary N) is 2. The number of aromatic amines is 1. The molecule has 2 rings (SSSR count). The Balaban J connectivity index is 2.44. The molecule has 7 heteroatoms. The summed E-state index contributed by atoms with van der Waals surface area (Å²) in [4.78, 5) is 7.80. The Morgan fingerprint density at radius 3 is 2.61 bits per heavy atom. The Bertz CT molecular complexity index is 534. The second-order valence-electron chi connectivity index (χ2n) is 3.94. The van der Waals surface area contributed by atoms with Crippen LogP contribution in [-0.4, -0.2) is 23.1 Å². The van der Waals surface area contributed by atoms with Gasteiger partial charge in [0, 0.05) is 15.5 Å². The molecule has 0 radical (unpaired) electrons. The third kappa shape index (κ3) is 2.59. The van der Waals surface area contributed by atoms with Crippen molar-refractivity contribution in [3.63, 3.8) is 0 Å². The molecule has 4 N–H and O–H groups in total. The fourth-order valence-electron chi connectivity index (χ4n) is 1.64. The lowest BCUT2D eigenvalue weighted by atomic mass is 10.2. The third-order valence-corrected chi connectivity index (χ3v) is 5.94. The molecule has 0 bridgehead atoms. The van der Waals surface area contributed by atoms with Gasteiger partial charge in [-0.05, 0) is 73.2 Å². The van der Waals surface area contributed by atoms with Crippen molar-refractivity contribution in [3.8, 4) is 0 Å². The first-order chi connectivity index (χ1) is 8.56. The zero-order valence-corrected chi connectivity index (χ0v) is 14.5. The maximum absolute atomic E-state index is 5.46. The van der Waals surface area contributed by atoms with E-state index in [2.05, 4.69) is 63.1 Å². The summed E-state index contributed by atoms with van der Waals surface area (Å²) in [6, 6.07) is 0. The summed E-state index contributed by atoms with van der Waals surface area (Å²) in [7, 11) is 0. The van der Waals surface area contributed by atoms with Gasteiger partial charge >= 0.3 is 0 Å². The van der Waals surface area contributed by atoms with Crippen LogP contribution >= 0.6 is 47.8 Å². The number of aromatic nitrogens is 2. The minimum absolute atomic E-state index is 0.672. The fourth-order valence-corrected chi connectivity index (χ4v) is 3.36. The van der Waals surface area contributed by atoms with Crippen LogP contribution in [0.4, 0.5) is 5.95 Å². The molecule has 0 spiro atoms. The second-order valence-corrected chi connectivity index (χ2v) is 6.32. The zero-order valence-electron chi connectivity index (χ0n) is 9.78. The molecular formula is C11H13Br3N4. The van der Waals surface area contributed by atoms with Gasteiger partial charge < -0.3 is 16.0 Å². The smallest absolute Gasteiger partial charge is 0.201 e. The topological polar surface area (TPSA) is 66.7 Å². The molecule has 0 unspecified atom stereocenters. The SMILES string of the molecule is Cc1c(Br)c(Br)c2nc(NCCCN)[nH]c2c1Br. The van der Waals surface area contributed by atoms with Gasteiger partial charge in [0.25, 0.3) is 0 Å². The predicted octanol–water partition coefficient (Wildman–Crippen LogP) is 3.92. The molecule has 0 saturated heterocycles. The molecule has 4 nitrogen and oxygen atoms in total. The van der Waals surface area contributed by atoms with E-state index in [9.17, 15) is 0 Å². The highest BCUT2D eigenvalue weighted by Gasteiger charge is 2.15. The van der Waals surface area contributed by atoms with Crippen molar-refractivity contribution in [2.24, 2.45) is 5.73 Å². The number of anilines is 1.